The maximum Gasteiger partial charge on any atom is 0.142 e. The second-order valence-electron chi connectivity index (χ2n) is 10.5. The molecule has 2 aromatic carbocycles. The van der Waals surface area contributed by atoms with Crippen LogP contribution in [-0.4, -0.2) is 66.9 Å². The maximum atomic E-state index is 13.8. The predicted octanol–water partition coefficient (Wildman–Crippen LogP) is 4.72. The molecule has 5 rings (SSSR count). The highest BCUT2D eigenvalue weighted by Gasteiger charge is 2.33. The van der Waals surface area contributed by atoms with Gasteiger partial charge < -0.3 is 24.4 Å². The molecule has 210 valence electrons. The van der Waals surface area contributed by atoms with Crippen molar-refractivity contribution in [3.63, 3.8) is 0 Å². The van der Waals surface area contributed by atoms with Crippen molar-refractivity contribution in [2.45, 2.75) is 63.3 Å². The average Bonchev–Trinajstić information content (AvgIpc) is 3.51. The smallest absolute Gasteiger partial charge is 0.142 e. The Hall–Kier alpha value is -3.01. The number of piperidine rings is 1. The van der Waals surface area contributed by atoms with Crippen LogP contribution in [0.1, 0.15) is 55.7 Å². The predicted molar refractivity (Wildman–Crippen MR) is 149 cm³/mol. The Labute approximate surface area is 230 Å². The van der Waals surface area contributed by atoms with Crippen LogP contribution < -0.4 is 15.0 Å². The van der Waals surface area contributed by atoms with E-state index in [1.165, 1.54) is 0 Å². The topological polar surface area (TPSA) is 73.7 Å². The molecule has 2 aliphatic rings. The highest BCUT2D eigenvalue weighted by Crippen LogP contribution is 2.35. The number of benzene rings is 2. The number of anilines is 1. The third-order valence-corrected chi connectivity index (χ3v) is 7.96. The van der Waals surface area contributed by atoms with Crippen molar-refractivity contribution in [3.05, 3.63) is 72.1 Å². The molecule has 0 saturated carbocycles. The van der Waals surface area contributed by atoms with Crippen LogP contribution in [0.4, 0.5) is 10.1 Å². The Morgan fingerprint density at radius 3 is 2.85 bits per heavy atom. The summed E-state index contributed by atoms with van der Waals surface area (Å²) >= 11 is 0. The summed E-state index contributed by atoms with van der Waals surface area (Å²) in [5.41, 5.74) is 3.35. The molecule has 1 unspecified atom stereocenters. The zero-order chi connectivity index (χ0) is 27.0. The number of rotatable bonds is 12. The van der Waals surface area contributed by atoms with Crippen molar-refractivity contribution < 1.29 is 18.6 Å². The Morgan fingerprint density at radius 2 is 2.08 bits per heavy atom. The minimum absolute atomic E-state index is 0.0248. The second kappa shape index (κ2) is 13.4. The molecule has 4 atom stereocenters. The molecular formula is C30H40FN5O3. The van der Waals surface area contributed by atoms with E-state index in [1.807, 2.05) is 16.8 Å². The summed E-state index contributed by atoms with van der Waals surface area (Å²) in [4.78, 5) is 6.50. The summed E-state index contributed by atoms with van der Waals surface area (Å²) in [7, 11) is 1.74. The van der Waals surface area contributed by atoms with Crippen molar-refractivity contribution in [1.29, 1.82) is 0 Å². The fourth-order valence-electron chi connectivity index (χ4n) is 5.82. The van der Waals surface area contributed by atoms with Gasteiger partial charge in [0.2, 0.25) is 0 Å². The van der Waals surface area contributed by atoms with Crippen LogP contribution in [0, 0.1) is 5.82 Å². The molecule has 2 aliphatic heterocycles. The molecule has 0 radical (unpaired) electrons. The number of nitrogens with one attached hydrogen (secondary N) is 1. The van der Waals surface area contributed by atoms with Crippen LogP contribution in [0.15, 0.2) is 55.1 Å². The lowest BCUT2D eigenvalue weighted by atomic mass is 9.82. The van der Waals surface area contributed by atoms with E-state index < -0.39 is 0 Å². The Bertz CT molecular complexity index is 1160. The SMILES string of the molecule is CC[C@H](C[C@H]1CC(c2ccc(F)cc2)[C@@H](OCc2ccc3c(c2)N(CCCOC)CCO3)CN1)n1cncn1. The first-order valence-corrected chi connectivity index (χ1v) is 14.1. The lowest BCUT2D eigenvalue weighted by molar-refractivity contribution is 0.00102. The van der Waals surface area contributed by atoms with E-state index in [1.54, 1.807) is 31.9 Å². The highest BCUT2D eigenvalue weighted by atomic mass is 19.1. The molecule has 1 aromatic heterocycles. The van der Waals surface area contributed by atoms with Gasteiger partial charge in [0, 0.05) is 38.8 Å². The third-order valence-electron chi connectivity index (χ3n) is 7.96. The van der Waals surface area contributed by atoms with Crippen molar-refractivity contribution in [1.82, 2.24) is 20.1 Å². The maximum absolute atomic E-state index is 13.8. The zero-order valence-electron chi connectivity index (χ0n) is 23.0. The van der Waals surface area contributed by atoms with Gasteiger partial charge in [-0.2, -0.15) is 5.10 Å². The number of nitrogens with zero attached hydrogens (tertiary/aromatic N) is 4. The van der Waals surface area contributed by atoms with Gasteiger partial charge in [0.05, 0.1) is 31.0 Å². The van der Waals surface area contributed by atoms with Gasteiger partial charge in [-0.15, -0.1) is 0 Å². The number of fused-ring (bicyclic) bond motifs is 1. The van der Waals surface area contributed by atoms with E-state index in [0.29, 0.717) is 19.3 Å². The van der Waals surface area contributed by atoms with Crippen LogP contribution >= 0.6 is 0 Å². The Morgan fingerprint density at radius 1 is 1.21 bits per heavy atom. The lowest BCUT2D eigenvalue weighted by Crippen LogP contribution is -2.47. The van der Waals surface area contributed by atoms with Crippen LogP contribution in [0.3, 0.4) is 0 Å². The number of ether oxygens (including phenoxy) is 3. The lowest BCUT2D eigenvalue weighted by Gasteiger charge is -2.38. The first kappa shape index (κ1) is 27.6. The third kappa shape index (κ3) is 6.96. The molecule has 9 heteroatoms. The monoisotopic (exact) mass is 537 g/mol. The molecule has 0 aliphatic carbocycles. The van der Waals surface area contributed by atoms with Crippen molar-refractivity contribution in [2.75, 3.05) is 44.9 Å². The van der Waals surface area contributed by atoms with E-state index in [0.717, 1.165) is 74.5 Å². The Kier molecular flexibility index (Phi) is 9.44. The van der Waals surface area contributed by atoms with Gasteiger partial charge in [-0.1, -0.05) is 25.1 Å². The molecular weight excluding hydrogens is 497 g/mol. The fourth-order valence-corrected chi connectivity index (χ4v) is 5.82. The van der Waals surface area contributed by atoms with E-state index in [-0.39, 0.29) is 23.9 Å². The van der Waals surface area contributed by atoms with Crippen LogP contribution in [0.2, 0.25) is 0 Å². The minimum atomic E-state index is -0.217. The molecule has 0 amide bonds. The molecule has 3 aromatic rings. The van der Waals surface area contributed by atoms with Gasteiger partial charge in [0.1, 0.15) is 30.8 Å². The van der Waals surface area contributed by atoms with Crippen molar-refractivity contribution in [3.8, 4) is 5.75 Å². The molecule has 39 heavy (non-hydrogen) atoms. The summed E-state index contributed by atoms with van der Waals surface area (Å²) in [5.74, 6) is 0.869. The summed E-state index contributed by atoms with van der Waals surface area (Å²) < 4.78 is 33.4. The van der Waals surface area contributed by atoms with Gasteiger partial charge in [0.25, 0.3) is 0 Å². The second-order valence-corrected chi connectivity index (χ2v) is 10.5. The molecule has 1 saturated heterocycles. The quantitative estimate of drug-likeness (QED) is 0.335. The summed E-state index contributed by atoms with van der Waals surface area (Å²) in [5, 5.41) is 8.10. The van der Waals surface area contributed by atoms with E-state index >= 15 is 0 Å². The van der Waals surface area contributed by atoms with Gasteiger partial charge >= 0.3 is 0 Å². The molecule has 1 N–H and O–H groups in total. The number of hydrogen-bond donors (Lipinski definition) is 1. The van der Waals surface area contributed by atoms with Crippen molar-refractivity contribution >= 4 is 5.69 Å². The molecule has 1 fully saturated rings. The first-order chi connectivity index (χ1) is 19.1. The van der Waals surface area contributed by atoms with Crippen LogP contribution in [0.25, 0.3) is 0 Å². The number of halogens is 1. The highest BCUT2D eigenvalue weighted by molar-refractivity contribution is 5.61. The summed E-state index contributed by atoms with van der Waals surface area (Å²) in [6, 6.07) is 13.8. The number of methoxy groups -OCH3 is 1. The fraction of sp³-hybridized carbons (Fsp3) is 0.533. The Balaban J connectivity index is 1.27. The summed E-state index contributed by atoms with van der Waals surface area (Å²) in [6.07, 6.45) is 7.17. The van der Waals surface area contributed by atoms with Crippen molar-refractivity contribution in [2.24, 2.45) is 0 Å². The van der Waals surface area contributed by atoms with E-state index in [9.17, 15) is 4.39 Å². The van der Waals surface area contributed by atoms with Crippen LogP contribution in [0.5, 0.6) is 5.75 Å². The van der Waals surface area contributed by atoms with Gasteiger partial charge in [0.15, 0.2) is 0 Å². The van der Waals surface area contributed by atoms with Gasteiger partial charge in [-0.05, 0) is 61.1 Å². The zero-order valence-corrected chi connectivity index (χ0v) is 23.0. The van der Waals surface area contributed by atoms with Crippen LogP contribution in [-0.2, 0) is 16.1 Å². The molecule has 8 nitrogen and oxygen atoms in total. The standard InChI is InChI=1S/C30H40FN5O3/c1-3-26(36-21-32-20-34-36)16-25-17-27(23-6-8-24(31)9-7-23)30(18-33-25)39-19-22-5-10-29-28(15-22)35(12-14-38-29)11-4-13-37-2/h5-10,15,20-21,25-27,30,33H,3-4,11-14,16-19H2,1-2H3/t25-,26+,27?,30-/m0/s1. The number of aromatic nitrogens is 3. The minimum Gasteiger partial charge on any atom is -0.490 e. The van der Waals surface area contributed by atoms with E-state index in [4.69, 9.17) is 14.2 Å². The first-order valence-electron chi connectivity index (χ1n) is 14.1. The summed E-state index contributed by atoms with van der Waals surface area (Å²) in [6.45, 7) is 6.66. The molecule has 3 heterocycles. The number of hydrogen-bond acceptors (Lipinski definition) is 7. The normalized spacial score (nSPS) is 21.8. The average molecular weight is 538 g/mol. The largest absolute Gasteiger partial charge is 0.490 e. The molecule has 0 bridgehead atoms. The molecule has 0 spiro atoms. The van der Waals surface area contributed by atoms with Gasteiger partial charge in [-0.25, -0.2) is 14.1 Å². The van der Waals surface area contributed by atoms with Gasteiger partial charge in [-0.3, -0.25) is 0 Å². The van der Waals surface area contributed by atoms with E-state index in [2.05, 4.69) is 45.4 Å².